The molecule has 3 heteroatoms. The molecule has 0 N–H and O–H groups in total. The smallest absolute Gasteiger partial charge is 0.240 e. The zero-order valence-electron chi connectivity index (χ0n) is 14.4. The van der Waals surface area contributed by atoms with E-state index in [0.29, 0.717) is 0 Å². The number of amides is 1. The van der Waals surface area contributed by atoms with E-state index in [0.717, 1.165) is 25.0 Å². The van der Waals surface area contributed by atoms with Gasteiger partial charge in [-0.1, -0.05) is 60.7 Å². The van der Waals surface area contributed by atoms with Crippen LogP contribution in [0, 0.1) is 5.92 Å². The fourth-order valence-corrected chi connectivity index (χ4v) is 4.00. The second-order valence-electron chi connectivity index (χ2n) is 6.78. The lowest BCUT2D eigenvalue weighted by atomic mass is 9.77. The van der Waals surface area contributed by atoms with Crippen LogP contribution in [0.15, 0.2) is 71.3 Å². The standard InChI is InChI=1S/C22H22N2O/c1-16(25)24-22(18-11-6-3-7-12-18)20-14-8-13-19(21(20)23-24)15-17-9-4-2-5-10-17/h2-7,9-12,15,20,22H,8,13-14H2,1H3/b19-15+. The van der Waals surface area contributed by atoms with Gasteiger partial charge in [-0.3, -0.25) is 4.79 Å². The van der Waals surface area contributed by atoms with Gasteiger partial charge in [-0.2, -0.15) is 5.10 Å². The van der Waals surface area contributed by atoms with Crippen LogP contribution in [0.4, 0.5) is 0 Å². The summed E-state index contributed by atoms with van der Waals surface area (Å²) in [6.45, 7) is 1.61. The van der Waals surface area contributed by atoms with Crippen molar-refractivity contribution >= 4 is 17.7 Å². The van der Waals surface area contributed by atoms with E-state index in [1.165, 1.54) is 16.7 Å². The number of hydrogen-bond donors (Lipinski definition) is 0. The number of fused-ring (bicyclic) bond motifs is 1. The predicted molar refractivity (Wildman–Crippen MR) is 101 cm³/mol. The first-order chi connectivity index (χ1) is 12.2. The number of hydrazone groups is 1. The Morgan fingerprint density at radius 1 is 1.08 bits per heavy atom. The molecule has 2 aromatic carbocycles. The van der Waals surface area contributed by atoms with Gasteiger partial charge in [0.05, 0.1) is 11.8 Å². The molecule has 1 amide bonds. The van der Waals surface area contributed by atoms with Crippen molar-refractivity contribution in [3.63, 3.8) is 0 Å². The summed E-state index contributed by atoms with van der Waals surface area (Å²) in [4.78, 5) is 12.2. The first-order valence-corrected chi connectivity index (χ1v) is 8.93. The van der Waals surface area contributed by atoms with Gasteiger partial charge in [0.2, 0.25) is 5.91 Å². The van der Waals surface area contributed by atoms with Crippen molar-refractivity contribution in [2.45, 2.75) is 32.2 Å². The molecule has 1 saturated carbocycles. The maximum atomic E-state index is 12.2. The molecule has 0 bridgehead atoms. The van der Waals surface area contributed by atoms with Crippen LogP contribution in [0.1, 0.15) is 43.4 Å². The van der Waals surface area contributed by atoms with E-state index in [4.69, 9.17) is 5.10 Å². The van der Waals surface area contributed by atoms with Crippen molar-refractivity contribution in [3.05, 3.63) is 77.4 Å². The van der Waals surface area contributed by atoms with Gasteiger partial charge in [0.25, 0.3) is 0 Å². The number of allylic oxidation sites excluding steroid dienone is 1. The van der Waals surface area contributed by atoms with E-state index in [2.05, 4.69) is 42.5 Å². The summed E-state index contributed by atoms with van der Waals surface area (Å²) in [7, 11) is 0. The van der Waals surface area contributed by atoms with Gasteiger partial charge < -0.3 is 0 Å². The molecule has 0 spiro atoms. The minimum absolute atomic E-state index is 0.00909. The summed E-state index contributed by atoms with van der Waals surface area (Å²) >= 11 is 0. The summed E-state index contributed by atoms with van der Waals surface area (Å²) < 4.78 is 0. The molecule has 0 aromatic heterocycles. The second kappa shape index (κ2) is 6.67. The highest BCUT2D eigenvalue weighted by Crippen LogP contribution is 2.44. The fourth-order valence-electron chi connectivity index (χ4n) is 4.00. The normalized spacial score (nSPS) is 24.1. The molecule has 2 atom stereocenters. The van der Waals surface area contributed by atoms with E-state index >= 15 is 0 Å². The molecule has 2 aromatic rings. The zero-order chi connectivity index (χ0) is 17.2. The van der Waals surface area contributed by atoms with E-state index < -0.39 is 0 Å². The van der Waals surface area contributed by atoms with Crippen LogP contribution in [0.5, 0.6) is 0 Å². The van der Waals surface area contributed by atoms with Crippen LogP contribution in [0.3, 0.4) is 0 Å². The minimum atomic E-state index is 0.00909. The Balaban J connectivity index is 1.74. The van der Waals surface area contributed by atoms with Crippen LogP contribution in [-0.2, 0) is 4.79 Å². The van der Waals surface area contributed by atoms with Gasteiger partial charge in [0.15, 0.2) is 0 Å². The number of carbonyl (C=O) groups is 1. The Hall–Kier alpha value is -2.68. The van der Waals surface area contributed by atoms with Gasteiger partial charge in [0.1, 0.15) is 0 Å². The molecule has 0 radical (unpaired) electrons. The Kier molecular flexibility index (Phi) is 4.22. The van der Waals surface area contributed by atoms with Crippen molar-refractivity contribution < 1.29 is 4.79 Å². The predicted octanol–water partition coefficient (Wildman–Crippen LogP) is 4.83. The molecule has 1 aliphatic carbocycles. The molecule has 2 unspecified atom stereocenters. The summed E-state index contributed by atoms with van der Waals surface area (Å²) in [5.41, 5.74) is 4.73. The van der Waals surface area contributed by atoms with Crippen LogP contribution >= 0.6 is 0 Å². The summed E-state index contributed by atoms with van der Waals surface area (Å²) in [6.07, 6.45) is 5.47. The van der Waals surface area contributed by atoms with Crippen molar-refractivity contribution in [2.75, 3.05) is 0 Å². The average molecular weight is 330 g/mol. The van der Waals surface area contributed by atoms with E-state index in [9.17, 15) is 4.79 Å². The van der Waals surface area contributed by atoms with Gasteiger partial charge in [-0.05, 0) is 42.0 Å². The molecule has 3 nitrogen and oxygen atoms in total. The molecule has 1 aliphatic heterocycles. The molecule has 2 aliphatic rings. The van der Waals surface area contributed by atoms with Gasteiger partial charge >= 0.3 is 0 Å². The van der Waals surface area contributed by atoms with Crippen molar-refractivity contribution in [3.8, 4) is 0 Å². The van der Waals surface area contributed by atoms with Crippen LogP contribution in [0.25, 0.3) is 6.08 Å². The second-order valence-corrected chi connectivity index (χ2v) is 6.78. The molecular weight excluding hydrogens is 308 g/mol. The Morgan fingerprint density at radius 2 is 1.76 bits per heavy atom. The lowest BCUT2D eigenvalue weighted by Crippen LogP contribution is -2.30. The molecule has 4 rings (SSSR count). The van der Waals surface area contributed by atoms with Crippen LogP contribution in [-0.4, -0.2) is 16.6 Å². The third kappa shape index (κ3) is 3.02. The maximum Gasteiger partial charge on any atom is 0.240 e. The molecule has 25 heavy (non-hydrogen) atoms. The Labute approximate surface area is 148 Å². The SMILES string of the molecule is CC(=O)N1N=C2/C(=C/c3ccccc3)CCCC2C1c1ccccc1. The largest absolute Gasteiger partial charge is 0.273 e. The van der Waals surface area contributed by atoms with Crippen molar-refractivity contribution in [1.82, 2.24) is 5.01 Å². The molecule has 1 heterocycles. The Bertz CT molecular complexity index is 824. The molecular formula is C22H22N2O. The number of benzene rings is 2. The van der Waals surface area contributed by atoms with Crippen LogP contribution in [0.2, 0.25) is 0 Å². The number of carbonyl (C=O) groups excluding carboxylic acids is 1. The quantitative estimate of drug-likeness (QED) is 0.776. The third-order valence-electron chi connectivity index (χ3n) is 5.11. The average Bonchev–Trinajstić information content (AvgIpc) is 3.04. The molecule has 1 fully saturated rings. The number of nitrogens with zero attached hydrogens (tertiary/aromatic N) is 2. The lowest BCUT2D eigenvalue weighted by Gasteiger charge is -2.29. The van der Waals surface area contributed by atoms with E-state index in [1.807, 2.05) is 24.3 Å². The number of hydrogen-bond acceptors (Lipinski definition) is 2. The highest BCUT2D eigenvalue weighted by Gasteiger charge is 2.42. The highest BCUT2D eigenvalue weighted by atomic mass is 16.2. The van der Waals surface area contributed by atoms with E-state index in [1.54, 1.807) is 11.9 Å². The van der Waals surface area contributed by atoms with E-state index in [-0.39, 0.29) is 17.9 Å². The number of rotatable bonds is 2. The van der Waals surface area contributed by atoms with Gasteiger partial charge in [0, 0.05) is 12.8 Å². The summed E-state index contributed by atoms with van der Waals surface area (Å²) in [6, 6.07) is 20.7. The fraction of sp³-hybridized carbons (Fsp3) is 0.273. The van der Waals surface area contributed by atoms with Gasteiger partial charge in [-0.15, -0.1) is 0 Å². The maximum absolute atomic E-state index is 12.2. The first-order valence-electron chi connectivity index (χ1n) is 8.93. The lowest BCUT2D eigenvalue weighted by molar-refractivity contribution is -0.131. The Morgan fingerprint density at radius 3 is 2.44 bits per heavy atom. The molecule has 0 saturated heterocycles. The van der Waals surface area contributed by atoms with Crippen molar-refractivity contribution in [2.24, 2.45) is 11.0 Å². The third-order valence-corrected chi connectivity index (χ3v) is 5.11. The van der Waals surface area contributed by atoms with Gasteiger partial charge in [-0.25, -0.2) is 5.01 Å². The monoisotopic (exact) mass is 330 g/mol. The highest BCUT2D eigenvalue weighted by molar-refractivity contribution is 6.08. The summed E-state index contributed by atoms with van der Waals surface area (Å²) in [5, 5.41) is 6.47. The summed E-state index contributed by atoms with van der Waals surface area (Å²) in [5.74, 6) is 0.296. The zero-order valence-corrected chi connectivity index (χ0v) is 14.4. The van der Waals surface area contributed by atoms with Crippen LogP contribution < -0.4 is 0 Å². The topological polar surface area (TPSA) is 32.7 Å². The first kappa shape index (κ1) is 15.8. The van der Waals surface area contributed by atoms with Crippen molar-refractivity contribution in [1.29, 1.82) is 0 Å². The minimum Gasteiger partial charge on any atom is -0.273 e. The molecule has 126 valence electrons.